The van der Waals surface area contributed by atoms with Crippen molar-refractivity contribution >= 4 is 22.5 Å². The Morgan fingerprint density at radius 3 is 1.59 bits per heavy atom. The van der Waals surface area contributed by atoms with E-state index in [9.17, 15) is 9.59 Å². The average molecular weight is 601 g/mol. The van der Waals surface area contributed by atoms with Gasteiger partial charge in [0.15, 0.2) is 5.78 Å². The lowest BCUT2D eigenvalue weighted by Gasteiger charge is -2.09. The zero-order valence-electron chi connectivity index (χ0n) is 27.5. The summed E-state index contributed by atoms with van der Waals surface area (Å²) in [4.78, 5) is 25.5. The first-order valence-electron chi connectivity index (χ1n) is 17.6. The van der Waals surface area contributed by atoms with Crippen LogP contribution in [-0.2, 0) is 0 Å². The van der Waals surface area contributed by atoms with Gasteiger partial charge < -0.3 is 9.47 Å². The van der Waals surface area contributed by atoms with Crippen LogP contribution in [0.4, 0.5) is 0 Å². The lowest BCUT2D eigenvalue weighted by atomic mass is 10.00. The van der Waals surface area contributed by atoms with Gasteiger partial charge in [0, 0.05) is 12.0 Å². The maximum absolute atomic E-state index is 12.8. The molecule has 0 aliphatic rings. The SMILES string of the molecule is CCCCCCCCCCCCC(=O)c1ccc2cc(OC(=O)c3ccc(OCCCCCCCCCC)cc3)ccc2c1. The van der Waals surface area contributed by atoms with E-state index in [-0.39, 0.29) is 5.78 Å². The van der Waals surface area contributed by atoms with Crippen LogP contribution in [-0.4, -0.2) is 18.4 Å². The van der Waals surface area contributed by atoms with E-state index >= 15 is 0 Å². The van der Waals surface area contributed by atoms with Crippen molar-refractivity contribution in [2.24, 2.45) is 0 Å². The number of esters is 1. The molecule has 0 radical (unpaired) electrons. The molecule has 0 saturated heterocycles. The minimum absolute atomic E-state index is 0.201. The van der Waals surface area contributed by atoms with E-state index in [0.29, 0.717) is 24.3 Å². The Morgan fingerprint density at radius 2 is 0.977 bits per heavy atom. The standard InChI is InChI=1S/C40H56O4/c1-3-5-7-9-11-13-14-15-17-19-21-39(41)36-23-22-35-32-38(29-26-34(35)31-36)44-40(42)33-24-27-37(28-25-33)43-30-20-18-16-12-10-8-6-4-2/h22-29,31-32H,3-21,30H2,1-2H3. The van der Waals surface area contributed by atoms with Crippen LogP contribution in [0, 0.1) is 0 Å². The Labute approximate surface area is 266 Å². The summed E-state index contributed by atoms with van der Waals surface area (Å²) < 4.78 is 11.5. The van der Waals surface area contributed by atoms with E-state index in [1.165, 1.54) is 96.3 Å². The van der Waals surface area contributed by atoms with Crippen LogP contribution in [0.2, 0.25) is 0 Å². The average Bonchev–Trinajstić information content (AvgIpc) is 3.04. The minimum atomic E-state index is -0.401. The summed E-state index contributed by atoms with van der Waals surface area (Å²) in [5, 5.41) is 1.91. The van der Waals surface area contributed by atoms with Crippen molar-refractivity contribution in [3.63, 3.8) is 0 Å². The van der Waals surface area contributed by atoms with Crippen molar-refractivity contribution in [2.45, 2.75) is 136 Å². The Morgan fingerprint density at radius 1 is 0.500 bits per heavy atom. The lowest BCUT2D eigenvalue weighted by Crippen LogP contribution is -2.08. The normalized spacial score (nSPS) is 11.1. The number of carbonyl (C=O) groups excluding carboxylic acids is 2. The van der Waals surface area contributed by atoms with Crippen LogP contribution in [0.25, 0.3) is 10.8 Å². The molecule has 0 aliphatic carbocycles. The van der Waals surface area contributed by atoms with Crippen molar-refractivity contribution in [3.8, 4) is 11.5 Å². The third-order valence-electron chi connectivity index (χ3n) is 8.46. The van der Waals surface area contributed by atoms with Crippen LogP contribution in [0.1, 0.15) is 157 Å². The van der Waals surface area contributed by atoms with Gasteiger partial charge in [0.2, 0.25) is 0 Å². The molecule has 3 rings (SSSR count). The smallest absolute Gasteiger partial charge is 0.343 e. The van der Waals surface area contributed by atoms with Crippen LogP contribution in [0.3, 0.4) is 0 Å². The second-order valence-corrected chi connectivity index (χ2v) is 12.3. The third kappa shape index (κ3) is 13.7. The molecule has 4 heteroatoms. The van der Waals surface area contributed by atoms with Crippen LogP contribution in [0.15, 0.2) is 60.7 Å². The Balaban J connectivity index is 1.36. The van der Waals surface area contributed by atoms with Gasteiger partial charge in [0.05, 0.1) is 12.2 Å². The number of ketones is 1. The number of ether oxygens (including phenoxy) is 2. The summed E-state index contributed by atoms with van der Waals surface area (Å²) in [6, 6.07) is 18.5. The van der Waals surface area contributed by atoms with Crippen LogP contribution < -0.4 is 9.47 Å². The van der Waals surface area contributed by atoms with Crippen molar-refractivity contribution < 1.29 is 19.1 Å². The maximum Gasteiger partial charge on any atom is 0.343 e. The quantitative estimate of drug-likeness (QED) is 0.0444. The van der Waals surface area contributed by atoms with Gasteiger partial charge in [-0.1, -0.05) is 135 Å². The molecule has 240 valence electrons. The molecule has 0 unspecified atom stereocenters. The first-order chi connectivity index (χ1) is 21.6. The number of hydrogen-bond acceptors (Lipinski definition) is 4. The van der Waals surface area contributed by atoms with Gasteiger partial charge in [-0.2, -0.15) is 0 Å². The molecule has 44 heavy (non-hydrogen) atoms. The van der Waals surface area contributed by atoms with Crippen molar-refractivity contribution in [3.05, 3.63) is 71.8 Å². The number of Topliss-reactive ketones (excluding diaryl/α,β-unsaturated/α-hetero) is 1. The highest BCUT2D eigenvalue weighted by Gasteiger charge is 2.11. The van der Waals surface area contributed by atoms with E-state index in [2.05, 4.69) is 13.8 Å². The molecule has 0 aliphatic heterocycles. The summed E-state index contributed by atoms with van der Waals surface area (Å²) in [7, 11) is 0. The van der Waals surface area contributed by atoms with Gasteiger partial charge in [-0.25, -0.2) is 4.79 Å². The van der Waals surface area contributed by atoms with E-state index in [4.69, 9.17) is 9.47 Å². The summed E-state index contributed by atoms with van der Waals surface area (Å²) in [6.45, 7) is 5.20. The van der Waals surface area contributed by atoms with E-state index in [0.717, 1.165) is 41.3 Å². The summed E-state index contributed by atoms with van der Waals surface area (Å²) in [5.41, 5.74) is 1.24. The highest BCUT2D eigenvalue weighted by molar-refractivity contribution is 6.00. The minimum Gasteiger partial charge on any atom is -0.494 e. The van der Waals surface area contributed by atoms with E-state index in [1.54, 1.807) is 18.2 Å². The van der Waals surface area contributed by atoms with Crippen LogP contribution >= 0.6 is 0 Å². The number of fused-ring (bicyclic) bond motifs is 1. The molecule has 3 aromatic rings. The molecule has 0 bridgehead atoms. The summed E-state index contributed by atoms with van der Waals surface area (Å²) in [6.07, 6.45) is 23.4. The van der Waals surface area contributed by atoms with Gasteiger partial charge in [0.25, 0.3) is 0 Å². The van der Waals surface area contributed by atoms with Gasteiger partial charge in [-0.15, -0.1) is 0 Å². The monoisotopic (exact) mass is 600 g/mol. The van der Waals surface area contributed by atoms with Gasteiger partial charge in [0.1, 0.15) is 11.5 Å². The Bertz CT molecular complexity index is 1230. The number of carbonyl (C=O) groups is 2. The number of benzene rings is 3. The molecule has 0 amide bonds. The van der Waals surface area contributed by atoms with Gasteiger partial charge >= 0.3 is 5.97 Å². The fourth-order valence-electron chi connectivity index (χ4n) is 5.66. The summed E-state index contributed by atoms with van der Waals surface area (Å²) in [5.74, 6) is 1.06. The summed E-state index contributed by atoms with van der Waals surface area (Å²) >= 11 is 0. The van der Waals surface area contributed by atoms with E-state index in [1.807, 2.05) is 42.5 Å². The highest BCUT2D eigenvalue weighted by Crippen LogP contribution is 2.24. The lowest BCUT2D eigenvalue weighted by molar-refractivity contribution is 0.0734. The topological polar surface area (TPSA) is 52.6 Å². The second kappa shape index (κ2) is 21.5. The van der Waals surface area contributed by atoms with Gasteiger partial charge in [-0.3, -0.25) is 4.79 Å². The third-order valence-corrected chi connectivity index (χ3v) is 8.46. The molecule has 0 N–H and O–H groups in total. The molecular weight excluding hydrogens is 544 g/mol. The first kappa shape index (κ1) is 35.3. The van der Waals surface area contributed by atoms with Crippen molar-refractivity contribution in [1.29, 1.82) is 0 Å². The number of unbranched alkanes of at least 4 members (excludes halogenated alkanes) is 16. The Hall–Kier alpha value is -3.14. The molecule has 0 saturated carbocycles. The molecule has 4 nitrogen and oxygen atoms in total. The maximum atomic E-state index is 12.8. The molecule has 3 aromatic carbocycles. The molecule has 0 fully saturated rings. The number of rotatable bonds is 24. The molecule has 0 aromatic heterocycles. The Kier molecular flexibility index (Phi) is 17.3. The predicted molar refractivity (Wildman–Crippen MR) is 184 cm³/mol. The first-order valence-corrected chi connectivity index (χ1v) is 17.6. The zero-order chi connectivity index (χ0) is 31.2. The molecule has 0 spiro atoms. The molecule has 0 atom stereocenters. The fourth-order valence-corrected chi connectivity index (χ4v) is 5.66. The molecular formula is C40H56O4. The molecule has 0 heterocycles. The largest absolute Gasteiger partial charge is 0.494 e. The second-order valence-electron chi connectivity index (χ2n) is 12.3. The van der Waals surface area contributed by atoms with Gasteiger partial charge in [-0.05, 0) is 66.1 Å². The fraction of sp³-hybridized carbons (Fsp3) is 0.550. The van der Waals surface area contributed by atoms with Crippen molar-refractivity contribution in [2.75, 3.05) is 6.61 Å². The number of hydrogen-bond donors (Lipinski definition) is 0. The highest BCUT2D eigenvalue weighted by atomic mass is 16.5. The van der Waals surface area contributed by atoms with Crippen LogP contribution in [0.5, 0.6) is 11.5 Å². The van der Waals surface area contributed by atoms with E-state index < -0.39 is 5.97 Å². The van der Waals surface area contributed by atoms with Crippen molar-refractivity contribution in [1.82, 2.24) is 0 Å². The zero-order valence-corrected chi connectivity index (χ0v) is 27.5. The predicted octanol–water partition coefficient (Wildman–Crippen LogP) is 12.1.